The summed E-state index contributed by atoms with van der Waals surface area (Å²) in [5, 5.41) is 2.12. The standard InChI is InChI=1S/C26H26O3/c1-17(27)19-6-7-21-13-22(9-8-20(21)12-19)23-14-24(25(28)29-16-23)26-10-2-4-18(15-26)5-3-11-26/h6-9,12-14,16,18H,2-5,10-11,15H2,1H3. The molecule has 0 saturated heterocycles. The Kier molecular flexibility index (Phi) is 4.42. The van der Waals surface area contributed by atoms with Gasteiger partial charge in [-0.1, -0.05) is 49.9 Å². The second kappa shape index (κ2) is 6.98. The first-order valence-electron chi connectivity index (χ1n) is 10.7. The minimum Gasteiger partial charge on any atom is -0.430 e. The minimum absolute atomic E-state index is 0.00496. The summed E-state index contributed by atoms with van der Waals surface area (Å²) in [6.07, 6.45) is 9.96. The van der Waals surface area contributed by atoms with Crippen molar-refractivity contribution in [3.8, 4) is 11.1 Å². The average molecular weight is 386 g/mol. The molecule has 0 radical (unpaired) electrons. The van der Waals surface area contributed by atoms with Crippen LogP contribution in [0.1, 0.15) is 67.8 Å². The molecule has 3 aromatic rings. The minimum atomic E-state index is -0.164. The highest BCUT2D eigenvalue weighted by Crippen LogP contribution is 2.50. The molecule has 148 valence electrons. The van der Waals surface area contributed by atoms with Crippen LogP contribution < -0.4 is 5.63 Å². The maximum atomic E-state index is 12.7. The van der Waals surface area contributed by atoms with Crippen molar-refractivity contribution in [2.24, 2.45) is 5.92 Å². The Hall–Kier alpha value is -2.68. The van der Waals surface area contributed by atoms with Crippen molar-refractivity contribution in [3.63, 3.8) is 0 Å². The first kappa shape index (κ1) is 18.4. The Morgan fingerprint density at radius 2 is 1.69 bits per heavy atom. The molecule has 1 heterocycles. The number of benzene rings is 2. The van der Waals surface area contributed by atoms with Gasteiger partial charge in [0.1, 0.15) is 6.26 Å². The second-order valence-electron chi connectivity index (χ2n) is 9.00. The fourth-order valence-corrected chi connectivity index (χ4v) is 5.66. The highest BCUT2D eigenvalue weighted by Gasteiger charge is 2.42. The van der Waals surface area contributed by atoms with Gasteiger partial charge in [0.2, 0.25) is 0 Å². The van der Waals surface area contributed by atoms with Crippen molar-refractivity contribution in [2.45, 2.75) is 57.3 Å². The second-order valence-corrected chi connectivity index (χ2v) is 9.00. The summed E-state index contributed by atoms with van der Waals surface area (Å²) in [6, 6.07) is 14.1. The predicted octanol–water partition coefficient (Wildman–Crippen LogP) is 6.27. The molecular weight excluding hydrogens is 360 g/mol. The monoisotopic (exact) mass is 386 g/mol. The zero-order valence-corrected chi connectivity index (χ0v) is 16.9. The summed E-state index contributed by atoms with van der Waals surface area (Å²) < 4.78 is 5.55. The molecule has 3 nitrogen and oxygen atoms in total. The van der Waals surface area contributed by atoms with Crippen LogP contribution in [0.25, 0.3) is 21.9 Å². The summed E-state index contributed by atoms with van der Waals surface area (Å²) in [4.78, 5) is 24.4. The van der Waals surface area contributed by atoms with Crippen LogP contribution in [0.4, 0.5) is 0 Å². The Morgan fingerprint density at radius 1 is 0.966 bits per heavy atom. The first-order valence-corrected chi connectivity index (χ1v) is 10.7. The molecule has 0 spiro atoms. The van der Waals surface area contributed by atoms with E-state index < -0.39 is 0 Å². The van der Waals surface area contributed by atoms with Crippen LogP contribution in [-0.2, 0) is 5.41 Å². The number of hydrogen-bond acceptors (Lipinski definition) is 3. The van der Waals surface area contributed by atoms with Crippen molar-refractivity contribution in [1.82, 2.24) is 0 Å². The predicted molar refractivity (Wildman–Crippen MR) is 115 cm³/mol. The third kappa shape index (κ3) is 3.23. The van der Waals surface area contributed by atoms with Gasteiger partial charge in [-0.25, -0.2) is 4.79 Å². The summed E-state index contributed by atoms with van der Waals surface area (Å²) in [5.41, 5.74) is 3.44. The molecule has 0 atom stereocenters. The number of ketones is 1. The molecule has 2 aromatic carbocycles. The quantitative estimate of drug-likeness (QED) is 0.498. The van der Waals surface area contributed by atoms with Gasteiger partial charge < -0.3 is 4.42 Å². The zero-order valence-electron chi connectivity index (χ0n) is 16.9. The molecule has 2 fully saturated rings. The van der Waals surface area contributed by atoms with Crippen molar-refractivity contribution in [3.05, 3.63) is 70.3 Å². The highest BCUT2D eigenvalue weighted by atomic mass is 16.4. The molecule has 1 aromatic heterocycles. The SMILES string of the molecule is CC(=O)c1ccc2cc(-c3coc(=O)c(C45CCCC(CCC4)C5)c3)ccc2c1. The lowest BCUT2D eigenvalue weighted by molar-refractivity contribution is 0.101. The summed E-state index contributed by atoms with van der Waals surface area (Å²) in [5.74, 6) is 0.833. The van der Waals surface area contributed by atoms with Crippen molar-refractivity contribution in [1.29, 1.82) is 0 Å². The molecular formula is C26H26O3. The molecule has 0 amide bonds. The van der Waals surface area contributed by atoms with E-state index in [-0.39, 0.29) is 16.8 Å². The number of Topliss-reactive ketones (excluding diaryl/α,β-unsaturated/α-hetero) is 1. The third-order valence-electron chi connectivity index (χ3n) is 7.18. The van der Waals surface area contributed by atoms with E-state index in [1.54, 1.807) is 13.2 Å². The Balaban J connectivity index is 1.57. The first-order chi connectivity index (χ1) is 14.0. The molecule has 2 bridgehead atoms. The van der Waals surface area contributed by atoms with Gasteiger partial charge >= 0.3 is 5.63 Å². The Bertz CT molecular complexity index is 1140. The van der Waals surface area contributed by atoms with Gasteiger partial charge in [-0.3, -0.25) is 4.79 Å². The maximum absolute atomic E-state index is 12.7. The molecule has 0 N–H and O–H groups in total. The highest BCUT2D eigenvalue weighted by molar-refractivity contribution is 5.99. The lowest BCUT2D eigenvalue weighted by atomic mass is 9.59. The number of hydrogen-bond donors (Lipinski definition) is 0. The molecule has 2 saturated carbocycles. The lowest BCUT2D eigenvalue weighted by Crippen LogP contribution is -2.39. The van der Waals surface area contributed by atoms with Crippen LogP contribution in [0.2, 0.25) is 0 Å². The van der Waals surface area contributed by atoms with Gasteiger partial charge in [0.05, 0.1) is 0 Å². The van der Waals surface area contributed by atoms with E-state index in [9.17, 15) is 9.59 Å². The Morgan fingerprint density at radius 3 is 2.45 bits per heavy atom. The van der Waals surface area contributed by atoms with Crippen molar-refractivity contribution >= 4 is 16.6 Å². The van der Waals surface area contributed by atoms with E-state index >= 15 is 0 Å². The van der Waals surface area contributed by atoms with Crippen LogP contribution in [-0.4, -0.2) is 5.78 Å². The number of carbonyl (C=O) groups excluding carboxylic acids is 1. The topological polar surface area (TPSA) is 47.3 Å². The van der Waals surface area contributed by atoms with Crippen LogP contribution in [0, 0.1) is 5.92 Å². The Labute approximate surface area is 170 Å². The van der Waals surface area contributed by atoms with Gasteiger partial charge in [-0.2, -0.15) is 0 Å². The fraction of sp³-hybridized carbons (Fsp3) is 0.385. The third-order valence-corrected chi connectivity index (χ3v) is 7.18. The molecule has 5 rings (SSSR count). The fourth-order valence-electron chi connectivity index (χ4n) is 5.66. The summed E-state index contributed by atoms with van der Waals surface area (Å²) >= 11 is 0. The van der Waals surface area contributed by atoms with E-state index in [2.05, 4.69) is 12.1 Å². The van der Waals surface area contributed by atoms with Gasteiger partial charge in [-0.05, 0) is 66.6 Å². The van der Waals surface area contributed by atoms with Gasteiger partial charge in [-0.15, -0.1) is 0 Å². The number of fused-ring (bicyclic) bond motifs is 3. The molecule has 29 heavy (non-hydrogen) atoms. The van der Waals surface area contributed by atoms with Crippen molar-refractivity contribution in [2.75, 3.05) is 0 Å². The van der Waals surface area contributed by atoms with Gasteiger partial charge in [0, 0.05) is 22.1 Å². The van der Waals surface area contributed by atoms with E-state index in [4.69, 9.17) is 4.42 Å². The smallest absolute Gasteiger partial charge is 0.339 e. The molecule has 2 aliphatic carbocycles. The van der Waals surface area contributed by atoms with Crippen LogP contribution in [0.3, 0.4) is 0 Å². The molecule has 2 aliphatic rings. The van der Waals surface area contributed by atoms with Gasteiger partial charge in [0.25, 0.3) is 0 Å². The van der Waals surface area contributed by atoms with Crippen molar-refractivity contribution < 1.29 is 9.21 Å². The van der Waals surface area contributed by atoms with E-state index in [1.807, 2.05) is 30.3 Å². The number of carbonyl (C=O) groups is 1. The normalized spacial score (nSPS) is 23.8. The van der Waals surface area contributed by atoms with Crippen LogP contribution >= 0.6 is 0 Å². The number of rotatable bonds is 3. The zero-order chi connectivity index (χ0) is 20.0. The van der Waals surface area contributed by atoms with Gasteiger partial charge in [0.15, 0.2) is 5.78 Å². The molecule has 0 unspecified atom stereocenters. The molecule has 3 heteroatoms. The average Bonchev–Trinajstić information content (AvgIpc) is 2.73. The summed E-state index contributed by atoms with van der Waals surface area (Å²) in [6.45, 7) is 1.59. The van der Waals surface area contributed by atoms with E-state index in [0.717, 1.165) is 58.2 Å². The lowest BCUT2D eigenvalue weighted by Gasteiger charge is -2.45. The summed E-state index contributed by atoms with van der Waals surface area (Å²) in [7, 11) is 0. The maximum Gasteiger partial charge on any atom is 0.339 e. The van der Waals surface area contributed by atoms with Crippen LogP contribution in [0.5, 0.6) is 0 Å². The molecule has 0 aliphatic heterocycles. The van der Waals surface area contributed by atoms with E-state index in [1.165, 1.54) is 25.7 Å². The van der Waals surface area contributed by atoms with E-state index in [0.29, 0.717) is 0 Å². The van der Waals surface area contributed by atoms with Crippen LogP contribution in [0.15, 0.2) is 57.9 Å². The largest absolute Gasteiger partial charge is 0.430 e.